The van der Waals surface area contributed by atoms with E-state index in [1.165, 1.54) is 19.3 Å². The molecule has 0 amide bonds. The Labute approximate surface area is 90.8 Å². The fraction of sp³-hybridized carbons (Fsp3) is 0.857. The van der Waals surface area contributed by atoms with Crippen LogP contribution in [0, 0.1) is 10.8 Å². The van der Waals surface area contributed by atoms with E-state index in [-0.39, 0.29) is 0 Å². The van der Waals surface area contributed by atoms with Crippen molar-refractivity contribution in [2.24, 2.45) is 10.8 Å². The molecule has 0 heteroatoms. The second kappa shape index (κ2) is 5.00. The summed E-state index contributed by atoms with van der Waals surface area (Å²) >= 11 is 0. The number of hydrogen-bond donors (Lipinski definition) is 0. The van der Waals surface area contributed by atoms with E-state index in [0.29, 0.717) is 10.8 Å². The molecule has 0 nitrogen and oxygen atoms in total. The van der Waals surface area contributed by atoms with E-state index >= 15 is 0 Å². The van der Waals surface area contributed by atoms with Gasteiger partial charge in [-0.2, -0.15) is 0 Å². The average Bonchev–Trinajstić information content (AvgIpc) is 1.78. The fourth-order valence-corrected chi connectivity index (χ4v) is 1.66. The molecule has 0 spiro atoms. The first-order chi connectivity index (χ1) is 6.10. The van der Waals surface area contributed by atoms with Crippen LogP contribution in [0.25, 0.3) is 0 Å². The Balaban J connectivity index is 3.90. The maximum Gasteiger partial charge on any atom is -0.0274 e. The zero-order valence-electron chi connectivity index (χ0n) is 11.2. The lowest BCUT2D eigenvalue weighted by molar-refractivity contribution is 0.379. The Morgan fingerprint density at radius 2 is 1.43 bits per heavy atom. The third kappa shape index (κ3) is 9.83. The predicted molar refractivity (Wildman–Crippen MR) is 66.5 cm³/mol. The van der Waals surface area contributed by atoms with Crippen LogP contribution in [0.15, 0.2) is 11.6 Å². The zero-order valence-corrected chi connectivity index (χ0v) is 11.2. The van der Waals surface area contributed by atoms with Crippen LogP contribution in [-0.4, -0.2) is 0 Å². The average molecular weight is 196 g/mol. The van der Waals surface area contributed by atoms with Gasteiger partial charge < -0.3 is 0 Å². The molecule has 0 rings (SSSR count). The molecule has 0 N–H and O–H groups in total. The molecule has 0 saturated heterocycles. The van der Waals surface area contributed by atoms with Gasteiger partial charge in [-0.15, -0.1) is 0 Å². The summed E-state index contributed by atoms with van der Waals surface area (Å²) in [7, 11) is 0. The zero-order chi connectivity index (χ0) is 11.4. The van der Waals surface area contributed by atoms with E-state index in [1.54, 1.807) is 5.57 Å². The molecule has 14 heavy (non-hydrogen) atoms. The monoisotopic (exact) mass is 196 g/mol. The van der Waals surface area contributed by atoms with Gasteiger partial charge in [0.15, 0.2) is 0 Å². The van der Waals surface area contributed by atoms with Gasteiger partial charge in [0.2, 0.25) is 0 Å². The SMILES string of the molecule is C/C(=C\CCC(C)(C)C)CC(C)(C)C. The molecule has 0 radical (unpaired) electrons. The normalized spacial score (nSPS) is 14.6. The van der Waals surface area contributed by atoms with Gasteiger partial charge >= 0.3 is 0 Å². The van der Waals surface area contributed by atoms with Crippen molar-refractivity contribution in [3.63, 3.8) is 0 Å². The van der Waals surface area contributed by atoms with Gasteiger partial charge in [0.05, 0.1) is 0 Å². The molecule has 0 aliphatic carbocycles. The van der Waals surface area contributed by atoms with Crippen LogP contribution in [0.3, 0.4) is 0 Å². The first-order valence-corrected chi connectivity index (χ1v) is 5.76. The summed E-state index contributed by atoms with van der Waals surface area (Å²) in [5.41, 5.74) is 2.45. The van der Waals surface area contributed by atoms with E-state index < -0.39 is 0 Å². The van der Waals surface area contributed by atoms with E-state index in [0.717, 1.165) is 0 Å². The Bertz CT molecular complexity index is 183. The summed E-state index contributed by atoms with van der Waals surface area (Å²) in [6, 6.07) is 0. The van der Waals surface area contributed by atoms with Crippen LogP contribution in [0.2, 0.25) is 0 Å². The molecule has 84 valence electrons. The summed E-state index contributed by atoms with van der Waals surface area (Å²) < 4.78 is 0. The smallest absolute Gasteiger partial charge is 0.0274 e. The second-order valence-electron chi connectivity index (χ2n) is 6.89. The molecular formula is C14H28. The van der Waals surface area contributed by atoms with E-state index in [4.69, 9.17) is 0 Å². The standard InChI is InChI=1S/C14H28/c1-12(11-14(5,6)7)9-8-10-13(2,3)4/h9H,8,10-11H2,1-7H3/b12-9+. The van der Waals surface area contributed by atoms with Crippen molar-refractivity contribution in [1.82, 2.24) is 0 Å². The number of hydrogen-bond acceptors (Lipinski definition) is 0. The summed E-state index contributed by atoms with van der Waals surface area (Å²) in [4.78, 5) is 0. The maximum atomic E-state index is 2.41. The van der Waals surface area contributed by atoms with Crippen molar-refractivity contribution in [3.8, 4) is 0 Å². The van der Waals surface area contributed by atoms with Crippen LogP contribution in [0.4, 0.5) is 0 Å². The largest absolute Gasteiger partial charge is 0.0856 e. The van der Waals surface area contributed by atoms with E-state index in [9.17, 15) is 0 Å². The molecule has 0 aliphatic rings. The molecule has 0 aromatic heterocycles. The quantitative estimate of drug-likeness (QED) is 0.545. The van der Waals surface area contributed by atoms with Crippen molar-refractivity contribution < 1.29 is 0 Å². The highest BCUT2D eigenvalue weighted by atomic mass is 14.2. The Kier molecular flexibility index (Phi) is 4.91. The highest BCUT2D eigenvalue weighted by Crippen LogP contribution is 2.25. The fourth-order valence-electron chi connectivity index (χ4n) is 1.66. The van der Waals surface area contributed by atoms with Crippen molar-refractivity contribution in [2.75, 3.05) is 0 Å². The highest BCUT2D eigenvalue weighted by molar-refractivity contribution is 5.00. The van der Waals surface area contributed by atoms with Crippen LogP contribution < -0.4 is 0 Å². The van der Waals surface area contributed by atoms with Gasteiger partial charge in [0, 0.05) is 0 Å². The minimum Gasteiger partial charge on any atom is -0.0856 e. The first kappa shape index (κ1) is 13.7. The van der Waals surface area contributed by atoms with Crippen molar-refractivity contribution in [2.45, 2.75) is 67.7 Å². The van der Waals surface area contributed by atoms with Crippen LogP contribution in [-0.2, 0) is 0 Å². The summed E-state index contributed by atoms with van der Waals surface area (Å²) in [6.45, 7) is 16.1. The molecule has 0 heterocycles. The van der Waals surface area contributed by atoms with Gasteiger partial charge in [-0.25, -0.2) is 0 Å². The first-order valence-electron chi connectivity index (χ1n) is 5.76. The minimum absolute atomic E-state index is 0.433. The molecule has 0 aromatic rings. The second-order valence-corrected chi connectivity index (χ2v) is 6.89. The summed E-state index contributed by atoms with van der Waals surface area (Å²) in [5.74, 6) is 0. The Hall–Kier alpha value is -0.260. The Morgan fingerprint density at radius 1 is 0.929 bits per heavy atom. The Morgan fingerprint density at radius 3 is 1.79 bits per heavy atom. The topological polar surface area (TPSA) is 0 Å². The lowest BCUT2D eigenvalue weighted by atomic mass is 9.86. The molecule has 0 atom stereocenters. The lowest BCUT2D eigenvalue weighted by Crippen LogP contribution is -2.06. The van der Waals surface area contributed by atoms with E-state index in [1.807, 2.05) is 0 Å². The molecule has 0 aliphatic heterocycles. The number of allylic oxidation sites excluding steroid dienone is 2. The summed E-state index contributed by atoms with van der Waals surface area (Å²) in [5, 5.41) is 0. The third-order valence-electron chi connectivity index (χ3n) is 2.20. The maximum absolute atomic E-state index is 2.41. The van der Waals surface area contributed by atoms with Gasteiger partial charge in [-0.1, -0.05) is 53.2 Å². The van der Waals surface area contributed by atoms with Gasteiger partial charge in [0.25, 0.3) is 0 Å². The predicted octanol–water partition coefficient (Wildman–Crippen LogP) is 5.20. The molecule has 0 fully saturated rings. The highest BCUT2D eigenvalue weighted by Gasteiger charge is 2.11. The molecule has 0 aromatic carbocycles. The summed E-state index contributed by atoms with van der Waals surface area (Å²) in [6.07, 6.45) is 6.15. The molecular weight excluding hydrogens is 168 g/mol. The third-order valence-corrected chi connectivity index (χ3v) is 2.20. The van der Waals surface area contributed by atoms with Crippen LogP contribution in [0.1, 0.15) is 67.7 Å². The van der Waals surface area contributed by atoms with Crippen LogP contribution in [0.5, 0.6) is 0 Å². The van der Waals surface area contributed by atoms with Gasteiger partial charge in [-0.3, -0.25) is 0 Å². The van der Waals surface area contributed by atoms with Gasteiger partial charge in [-0.05, 0) is 37.0 Å². The lowest BCUT2D eigenvalue weighted by Gasteiger charge is -2.19. The molecule has 0 unspecified atom stereocenters. The molecule has 0 saturated carbocycles. The minimum atomic E-state index is 0.433. The van der Waals surface area contributed by atoms with Gasteiger partial charge in [0.1, 0.15) is 0 Å². The van der Waals surface area contributed by atoms with Crippen LogP contribution >= 0.6 is 0 Å². The number of rotatable bonds is 3. The van der Waals surface area contributed by atoms with Crippen molar-refractivity contribution >= 4 is 0 Å². The van der Waals surface area contributed by atoms with Crippen molar-refractivity contribution in [1.29, 1.82) is 0 Å². The molecule has 0 bridgehead atoms. The van der Waals surface area contributed by atoms with Crippen molar-refractivity contribution in [3.05, 3.63) is 11.6 Å². The van der Waals surface area contributed by atoms with E-state index in [2.05, 4.69) is 54.5 Å².